The average molecular weight is 326 g/mol. The van der Waals surface area contributed by atoms with E-state index in [1.54, 1.807) is 0 Å². The monoisotopic (exact) mass is 326 g/mol. The first-order chi connectivity index (χ1) is 11.6. The Morgan fingerprint density at radius 2 is 1.96 bits per heavy atom. The van der Waals surface area contributed by atoms with Gasteiger partial charge in [0.15, 0.2) is 0 Å². The highest BCUT2D eigenvalue weighted by atomic mass is 16.2. The molecule has 126 valence electrons. The van der Waals surface area contributed by atoms with Crippen LogP contribution < -0.4 is 5.32 Å². The van der Waals surface area contributed by atoms with E-state index in [0.717, 1.165) is 43.2 Å². The van der Waals surface area contributed by atoms with Gasteiger partial charge in [0.2, 0.25) is 17.7 Å². The van der Waals surface area contributed by atoms with Crippen molar-refractivity contribution in [3.8, 4) is 0 Å². The Labute approximate surface area is 141 Å². The lowest BCUT2D eigenvalue weighted by Crippen LogP contribution is -2.45. The molecule has 0 bridgehead atoms. The van der Waals surface area contributed by atoms with Crippen LogP contribution in [0.5, 0.6) is 0 Å². The maximum atomic E-state index is 13.0. The number of amides is 3. The van der Waals surface area contributed by atoms with Gasteiger partial charge in [0, 0.05) is 12.5 Å². The fourth-order valence-corrected chi connectivity index (χ4v) is 4.54. The van der Waals surface area contributed by atoms with Gasteiger partial charge in [0.05, 0.1) is 5.41 Å². The van der Waals surface area contributed by atoms with Gasteiger partial charge in [0.1, 0.15) is 6.54 Å². The Morgan fingerprint density at radius 3 is 2.75 bits per heavy atom. The second-order valence-electron chi connectivity index (χ2n) is 7.25. The predicted octanol–water partition coefficient (Wildman–Crippen LogP) is 1.69. The van der Waals surface area contributed by atoms with Crippen LogP contribution in [0.1, 0.15) is 49.7 Å². The van der Waals surface area contributed by atoms with Crippen molar-refractivity contribution in [1.82, 2.24) is 10.2 Å². The maximum Gasteiger partial charge on any atom is 0.240 e. The minimum atomic E-state index is -0.735. The van der Waals surface area contributed by atoms with Crippen molar-refractivity contribution in [1.29, 1.82) is 0 Å². The Morgan fingerprint density at radius 1 is 1.21 bits per heavy atom. The molecule has 1 atom stereocenters. The third-order valence-electron chi connectivity index (χ3n) is 5.78. The number of rotatable bonds is 3. The lowest BCUT2D eigenvalue weighted by atomic mass is 9.80. The summed E-state index contributed by atoms with van der Waals surface area (Å²) in [4.78, 5) is 38.9. The standard InChI is InChI=1S/C19H22N2O3/c22-16(20-14-6-2-3-7-14)12-21-17(23)11-19(18(21)24)10-9-13-5-1-4-8-15(13)19/h1,4-5,8,14H,2-3,6-7,9-12H2,(H,20,22)/t19-/m0/s1. The van der Waals surface area contributed by atoms with Gasteiger partial charge in [-0.1, -0.05) is 37.1 Å². The molecule has 5 nitrogen and oxygen atoms in total. The van der Waals surface area contributed by atoms with E-state index in [-0.39, 0.29) is 36.7 Å². The van der Waals surface area contributed by atoms with Gasteiger partial charge in [0.25, 0.3) is 0 Å². The molecule has 1 aromatic rings. The molecule has 0 unspecified atom stereocenters. The molecule has 1 saturated heterocycles. The van der Waals surface area contributed by atoms with E-state index in [9.17, 15) is 14.4 Å². The number of benzene rings is 1. The van der Waals surface area contributed by atoms with Crippen LogP contribution in [-0.4, -0.2) is 35.2 Å². The van der Waals surface area contributed by atoms with E-state index in [2.05, 4.69) is 5.32 Å². The first-order valence-electron chi connectivity index (χ1n) is 8.83. The second kappa shape index (κ2) is 5.72. The van der Waals surface area contributed by atoms with Crippen molar-refractivity contribution in [2.24, 2.45) is 0 Å². The van der Waals surface area contributed by atoms with Crippen molar-refractivity contribution >= 4 is 17.7 Å². The topological polar surface area (TPSA) is 66.5 Å². The van der Waals surface area contributed by atoms with Gasteiger partial charge in [-0.2, -0.15) is 0 Å². The highest BCUT2D eigenvalue weighted by Gasteiger charge is 2.55. The van der Waals surface area contributed by atoms with E-state index in [1.807, 2.05) is 24.3 Å². The number of carbonyl (C=O) groups excluding carboxylic acids is 3. The third-order valence-corrected chi connectivity index (χ3v) is 5.78. The molecular formula is C19H22N2O3. The summed E-state index contributed by atoms with van der Waals surface area (Å²) in [6.07, 6.45) is 5.92. The minimum Gasteiger partial charge on any atom is -0.352 e. The first-order valence-corrected chi connectivity index (χ1v) is 8.83. The van der Waals surface area contributed by atoms with Gasteiger partial charge in [-0.15, -0.1) is 0 Å². The molecule has 2 fully saturated rings. The zero-order valence-electron chi connectivity index (χ0n) is 13.7. The number of aryl methyl sites for hydroxylation is 1. The van der Waals surface area contributed by atoms with E-state index < -0.39 is 5.41 Å². The van der Waals surface area contributed by atoms with E-state index in [0.29, 0.717) is 6.42 Å². The fraction of sp³-hybridized carbons (Fsp3) is 0.526. The van der Waals surface area contributed by atoms with Gasteiger partial charge < -0.3 is 5.32 Å². The zero-order valence-corrected chi connectivity index (χ0v) is 13.7. The van der Waals surface area contributed by atoms with Gasteiger partial charge in [-0.3, -0.25) is 19.3 Å². The highest BCUT2D eigenvalue weighted by molar-refractivity contribution is 6.11. The number of imide groups is 1. The third kappa shape index (κ3) is 2.34. The summed E-state index contributed by atoms with van der Waals surface area (Å²) >= 11 is 0. The Balaban J connectivity index is 1.51. The summed E-state index contributed by atoms with van der Waals surface area (Å²) in [6, 6.07) is 8.06. The predicted molar refractivity (Wildman–Crippen MR) is 88.2 cm³/mol. The number of fused-ring (bicyclic) bond motifs is 2. The molecule has 4 rings (SSSR count). The quantitative estimate of drug-likeness (QED) is 0.860. The molecule has 2 aliphatic carbocycles. The van der Waals surface area contributed by atoms with Gasteiger partial charge in [-0.25, -0.2) is 0 Å². The van der Waals surface area contributed by atoms with Crippen molar-refractivity contribution < 1.29 is 14.4 Å². The van der Waals surface area contributed by atoms with E-state index in [1.165, 1.54) is 4.90 Å². The molecular weight excluding hydrogens is 304 g/mol. The molecule has 5 heteroatoms. The minimum absolute atomic E-state index is 0.141. The van der Waals surface area contributed by atoms with Crippen LogP contribution in [0, 0.1) is 0 Å². The second-order valence-corrected chi connectivity index (χ2v) is 7.25. The van der Waals surface area contributed by atoms with Crippen LogP contribution in [0.4, 0.5) is 0 Å². The molecule has 1 saturated carbocycles. The molecule has 1 N–H and O–H groups in total. The van der Waals surface area contributed by atoms with Crippen LogP contribution >= 0.6 is 0 Å². The van der Waals surface area contributed by atoms with Crippen molar-refractivity contribution in [2.75, 3.05) is 6.54 Å². The normalized spacial score (nSPS) is 26.4. The van der Waals surface area contributed by atoms with Crippen LogP contribution in [0.15, 0.2) is 24.3 Å². The molecule has 1 aliphatic heterocycles. The SMILES string of the molecule is O=C(CN1C(=O)C[C@]2(CCc3ccccc32)C1=O)NC1CCCC1. The summed E-state index contributed by atoms with van der Waals surface area (Å²) in [7, 11) is 0. The summed E-state index contributed by atoms with van der Waals surface area (Å²) in [6.45, 7) is -0.141. The Bertz CT molecular complexity index is 708. The summed E-state index contributed by atoms with van der Waals surface area (Å²) in [5.74, 6) is -0.635. The summed E-state index contributed by atoms with van der Waals surface area (Å²) in [5.41, 5.74) is 1.39. The number of nitrogens with zero attached hydrogens (tertiary/aromatic N) is 1. The van der Waals surface area contributed by atoms with Gasteiger partial charge in [-0.05, 0) is 36.8 Å². The van der Waals surface area contributed by atoms with Crippen molar-refractivity contribution in [2.45, 2.75) is 56.4 Å². The summed E-state index contributed by atoms with van der Waals surface area (Å²) in [5, 5.41) is 2.96. The fourth-order valence-electron chi connectivity index (χ4n) is 4.54. The van der Waals surface area contributed by atoms with E-state index >= 15 is 0 Å². The highest BCUT2D eigenvalue weighted by Crippen LogP contribution is 2.46. The lowest BCUT2D eigenvalue weighted by Gasteiger charge is -2.23. The summed E-state index contributed by atoms with van der Waals surface area (Å²) < 4.78 is 0. The Hall–Kier alpha value is -2.17. The van der Waals surface area contributed by atoms with Crippen LogP contribution in [-0.2, 0) is 26.2 Å². The van der Waals surface area contributed by atoms with E-state index in [4.69, 9.17) is 0 Å². The van der Waals surface area contributed by atoms with Crippen LogP contribution in [0.3, 0.4) is 0 Å². The molecule has 3 amide bonds. The number of hydrogen-bond acceptors (Lipinski definition) is 3. The van der Waals surface area contributed by atoms with Crippen molar-refractivity contribution in [3.05, 3.63) is 35.4 Å². The molecule has 0 aromatic heterocycles. The molecule has 1 spiro atoms. The number of carbonyl (C=O) groups is 3. The largest absolute Gasteiger partial charge is 0.352 e. The number of likely N-dealkylation sites (tertiary alicyclic amines) is 1. The van der Waals surface area contributed by atoms with Crippen LogP contribution in [0.25, 0.3) is 0 Å². The van der Waals surface area contributed by atoms with Crippen LogP contribution in [0.2, 0.25) is 0 Å². The first kappa shape index (κ1) is 15.4. The van der Waals surface area contributed by atoms with Crippen molar-refractivity contribution in [3.63, 3.8) is 0 Å². The Kier molecular flexibility index (Phi) is 3.66. The molecule has 1 heterocycles. The van der Waals surface area contributed by atoms with Gasteiger partial charge >= 0.3 is 0 Å². The molecule has 0 radical (unpaired) electrons. The molecule has 3 aliphatic rings. The number of hydrogen-bond donors (Lipinski definition) is 1. The maximum absolute atomic E-state index is 13.0. The number of nitrogens with one attached hydrogen (secondary N) is 1. The lowest BCUT2D eigenvalue weighted by molar-refractivity contribution is -0.143. The smallest absolute Gasteiger partial charge is 0.240 e. The average Bonchev–Trinajstić information content (AvgIpc) is 3.25. The molecule has 24 heavy (non-hydrogen) atoms. The zero-order chi connectivity index (χ0) is 16.7. The molecule has 1 aromatic carbocycles.